The second kappa shape index (κ2) is 7.26. The Balaban J connectivity index is 1.73. The van der Waals surface area contributed by atoms with Crippen LogP contribution in [0.25, 0.3) is 0 Å². The molecule has 1 aromatic heterocycles. The van der Waals surface area contributed by atoms with E-state index in [0.29, 0.717) is 11.6 Å². The van der Waals surface area contributed by atoms with Crippen LogP contribution in [-0.4, -0.2) is 5.91 Å². The van der Waals surface area contributed by atoms with Gasteiger partial charge < -0.3 is 14.5 Å². The minimum absolute atomic E-state index is 0.278. The lowest BCUT2D eigenvalue weighted by Gasteiger charge is -2.15. The molecule has 0 atom stereocenters. The lowest BCUT2D eigenvalue weighted by Crippen LogP contribution is -2.10. The summed E-state index contributed by atoms with van der Waals surface area (Å²) in [5.74, 6) is 1.97. The first-order valence-electron chi connectivity index (χ1n) is 8.26. The number of amides is 1. The zero-order valence-electron chi connectivity index (χ0n) is 14.6. The molecular weight excluding hydrogens is 314 g/mol. The van der Waals surface area contributed by atoms with Crippen LogP contribution in [-0.2, 0) is 0 Å². The molecule has 128 valence electrons. The van der Waals surface area contributed by atoms with Gasteiger partial charge in [-0.05, 0) is 66.4 Å². The monoisotopic (exact) mass is 335 g/mol. The zero-order chi connectivity index (χ0) is 17.8. The molecule has 0 bridgehead atoms. The summed E-state index contributed by atoms with van der Waals surface area (Å²) in [6.45, 7) is 6.33. The topological polar surface area (TPSA) is 51.5 Å². The van der Waals surface area contributed by atoms with Crippen LogP contribution in [0.1, 0.15) is 41.4 Å². The van der Waals surface area contributed by atoms with Gasteiger partial charge >= 0.3 is 0 Å². The van der Waals surface area contributed by atoms with Crippen molar-refractivity contribution in [3.63, 3.8) is 0 Å². The molecule has 0 unspecified atom stereocenters. The molecule has 3 rings (SSSR count). The third kappa shape index (κ3) is 4.10. The van der Waals surface area contributed by atoms with Gasteiger partial charge in [0.15, 0.2) is 5.76 Å². The summed E-state index contributed by atoms with van der Waals surface area (Å²) in [5, 5.41) is 2.79. The molecule has 0 aliphatic rings. The van der Waals surface area contributed by atoms with E-state index in [4.69, 9.17) is 9.15 Å². The smallest absolute Gasteiger partial charge is 0.291 e. The van der Waals surface area contributed by atoms with Crippen LogP contribution < -0.4 is 10.1 Å². The van der Waals surface area contributed by atoms with E-state index in [1.165, 1.54) is 11.8 Å². The van der Waals surface area contributed by atoms with E-state index in [1.54, 1.807) is 24.3 Å². The van der Waals surface area contributed by atoms with E-state index >= 15 is 0 Å². The average Bonchev–Trinajstić information content (AvgIpc) is 3.11. The van der Waals surface area contributed by atoms with E-state index in [-0.39, 0.29) is 11.7 Å². The Morgan fingerprint density at radius 2 is 1.84 bits per heavy atom. The van der Waals surface area contributed by atoms with Crippen molar-refractivity contribution in [2.45, 2.75) is 26.7 Å². The van der Waals surface area contributed by atoms with Crippen molar-refractivity contribution in [1.29, 1.82) is 0 Å². The molecule has 0 fully saturated rings. The van der Waals surface area contributed by atoms with Crippen LogP contribution in [0.2, 0.25) is 0 Å². The minimum atomic E-state index is -0.278. The fourth-order valence-electron chi connectivity index (χ4n) is 2.54. The van der Waals surface area contributed by atoms with Gasteiger partial charge in [0.2, 0.25) is 0 Å². The van der Waals surface area contributed by atoms with Crippen molar-refractivity contribution in [3.05, 3.63) is 77.7 Å². The van der Waals surface area contributed by atoms with Gasteiger partial charge in [-0.2, -0.15) is 0 Å². The Bertz CT molecular complexity index is 849. The predicted molar refractivity (Wildman–Crippen MR) is 98.4 cm³/mol. The van der Waals surface area contributed by atoms with Crippen LogP contribution >= 0.6 is 0 Å². The molecule has 1 amide bonds. The Morgan fingerprint density at radius 3 is 2.48 bits per heavy atom. The molecule has 0 radical (unpaired) electrons. The zero-order valence-corrected chi connectivity index (χ0v) is 14.6. The maximum Gasteiger partial charge on any atom is 0.291 e. The van der Waals surface area contributed by atoms with Gasteiger partial charge in [-0.1, -0.05) is 26.0 Å². The molecule has 25 heavy (non-hydrogen) atoms. The molecule has 2 aromatic carbocycles. The first-order valence-corrected chi connectivity index (χ1v) is 8.26. The normalized spacial score (nSPS) is 10.7. The highest BCUT2D eigenvalue weighted by Crippen LogP contribution is 2.32. The van der Waals surface area contributed by atoms with Crippen molar-refractivity contribution < 1.29 is 13.9 Å². The molecule has 0 saturated carbocycles. The van der Waals surface area contributed by atoms with Gasteiger partial charge in [0, 0.05) is 5.69 Å². The maximum absolute atomic E-state index is 12.0. The van der Waals surface area contributed by atoms with Crippen molar-refractivity contribution in [3.8, 4) is 11.5 Å². The van der Waals surface area contributed by atoms with Crippen LogP contribution in [0.4, 0.5) is 5.69 Å². The average molecular weight is 335 g/mol. The molecule has 3 aromatic rings. The van der Waals surface area contributed by atoms with Crippen molar-refractivity contribution >= 4 is 11.6 Å². The Hall–Kier alpha value is -3.01. The molecule has 4 heteroatoms. The van der Waals surface area contributed by atoms with Gasteiger partial charge in [0.05, 0.1) is 6.26 Å². The second-order valence-electron chi connectivity index (χ2n) is 6.25. The van der Waals surface area contributed by atoms with Crippen LogP contribution in [0, 0.1) is 6.92 Å². The number of furan rings is 1. The summed E-state index contributed by atoms with van der Waals surface area (Å²) in [4.78, 5) is 12.0. The van der Waals surface area contributed by atoms with Gasteiger partial charge in [-0.3, -0.25) is 4.79 Å². The summed E-state index contributed by atoms with van der Waals surface area (Å²) in [7, 11) is 0. The van der Waals surface area contributed by atoms with E-state index < -0.39 is 0 Å². The third-order valence-electron chi connectivity index (χ3n) is 3.88. The second-order valence-corrected chi connectivity index (χ2v) is 6.25. The Morgan fingerprint density at radius 1 is 1.08 bits per heavy atom. The van der Waals surface area contributed by atoms with Crippen molar-refractivity contribution in [2.75, 3.05) is 5.32 Å². The summed E-state index contributed by atoms with van der Waals surface area (Å²) in [5.41, 5.74) is 3.00. The molecule has 4 nitrogen and oxygen atoms in total. The lowest BCUT2D eigenvalue weighted by atomic mass is 10.0. The number of anilines is 1. The minimum Gasteiger partial charge on any atom is -0.459 e. The van der Waals surface area contributed by atoms with E-state index in [2.05, 4.69) is 31.3 Å². The fourth-order valence-corrected chi connectivity index (χ4v) is 2.54. The number of rotatable bonds is 5. The highest BCUT2D eigenvalue weighted by molar-refractivity contribution is 6.02. The van der Waals surface area contributed by atoms with Gasteiger partial charge in [-0.25, -0.2) is 0 Å². The largest absolute Gasteiger partial charge is 0.459 e. The number of nitrogens with one attached hydrogen (secondary N) is 1. The first kappa shape index (κ1) is 16.8. The summed E-state index contributed by atoms with van der Waals surface area (Å²) in [6, 6.07) is 16.8. The fraction of sp³-hybridized carbons (Fsp3) is 0.190. The molecule has 0 saturated heterocycles. The van der Waals surface area contributed by atoms with Crippen LogP contribution in [0.15, 0.2) is 65.3 Å². The quantitative estimate of drug-likeness (QED) is 0.645. The molecule has 1 heterocycles. The number of carbonyl (C=O) groups is 1. The third-order valence-corrected chi connectivity index (χ3v) is 3.88. The summed E-state index contributed by atoms with van der Waals surface area (Å²) < 4.78 is 11.1. The standard InChI is InChI=1S/C21H21NO3/c1-14(2)18-11-6-15(3)13-20(18)25-17-9-7-16(8-10-17)22-21(23)19-5-4-12-24-19/h4-14H,1-3H3,(H,22,23). The molecule has 0 spiro atoms. The number of ether oxygens (including phenoxy) is 1. The molecule has 0 aliphatic heterocycles. The molecule has 0 aliphatic carbocycles. The Kier molecular flexibility index (Phi) is 4.89. The number of benzene rings is 2. The van der Waals surface area contributed by atoms with Gasteiger partial charge in [0.25, 0.3) is 5.91 Å². The van der Waals surface area contributed by atoms with Crippen molar-refractivity contribution in [1.82, 2.24) is 0 Å². The van der Waals surface area contributed by atoms with Crippen LogP contribution in [0.5, 0.6) is 11.5 Å². The highest BCUT2D eigenvalue weighted by Gasteiger charge is 2.11. The molecular formula is C21H21NO3. The number of carbonyl (C=O) groups excluding carboxylic acids is 1. The van der Waals surface area contributed by atoms with Crippen molar-refractivity contribution in [2.24, 2.45) is 0 Å². The Labute approximate surface area is 147 Å². The molecule has 1 N–H and O–H groups in total. The number of hydrogen-bond donors (Lipinski definition) is 1. The van der Waals surface area contributed by atoms with E-state index in [0.717, 1.165) is 17.1 Å². The van der Waals surface area contributed by atoms with E-state index in [1.807, 2.05) is 25.1 Å². The SMILES string of the molecule is Cc1ccc(C(C)C)c(Oc2ccc(NC(=O)c3ccco3)cc2)c1. The number of hydrogen-bond acceptors (Lipinski definition) is 3. The lowest BCUT2D eigenvalue weighted by molar-refractivity contribution is 0.0996. The van der Waals surface area contributed by atoms with Gasteiger partial charge in [0.1, 0.15) is 11.5 Å². The predicted octanol–water partition coefficient (Wildman–Crippen LogP) is 5.76. The number of aryl methyl sites for hydroxylation is 1. The maximum atomic E-state index is 12.0. The summed E-state index contributed by atoms with van der Waals surface area (Å²) in [6.07, 6.45) is 1.47. The van der Waals surface area contributed by atoms with Crippen LogP contribution in [0.3, 0.4) is 0 Å². The van der Waals surface area contributed by atoms with Gasteiger partial charge in [-0.15, -0.1) is 0 Å². The first-order chi connectivity index (χ1) is 12.0. The summed E-state index contributed by atoms with van der Waals surface area (Å²) >= 11 is 0. The van der Waals surface area contributed by atoms with E-state index in [9.17, 15) is 4.79 Å². The highest BCUT2D eigenvalue weighted by atomic mass is 16.5.